The van der Waals surface area contributed by atoms with Gasteiger partial charge in [0.05, 0.1) is 52.5 Å². The highest BCUT2D eigenvalue weighted by atomic mass is 35.5. The fourth-order valence-electron chi connectivity index (χ4n) is 3.80. The number of nitro benzene ring substituents is 2. The number of alkyl halides is 6. The zero-order valence-electron chi connectivity index (χ0n) is 20.8. The smallest absolute Gasteiger partial charge is 0.417 e. The molecule has 0 fully saturated rings. The number of hydrogen-bond acceptors (Lipinski definition) is 7. The van der Waals surface area contributed by atoms with Crippen molar-refractivity contribution in [2.24, 2.45) is 0 Å². The highest BCUT2D eigenvalue weighted by Crippen LogP contribution is 2.52. The molecule has 0 amide bonds. The van der Waals surface area contributed by atoms with Gasteiger partial charge in [0.2, 0.25) is 0 Å². The summed E-state index contributed by atoms with van der Waals surface area (Å²) in [6.07, 6.45) is -9.07. The maximum Gasteiger partial charge on any atom is 0.417 e. The Bertz CT molecular complexity index is 1770. The molecule has 21 heteroatoms. The first kappa shape index (κ1) is 34.5. The van der Waals surface area contributed by atoms with E-state index in [9.17, 15) is 46.6 Å². The molecule has 2 aromatic heterocycles. The van der Waals surface area contributed by atoms with Crippen molar-refractivity contribution in [1.29, 1.82) is 0 Å². The fraction of sp³-hybridized carbons (Fsp3) is 0.0833. The van der Waals surface area contributed by atoms with E-state index in [1.165, 1.54) is 0 Å². The van der Waals surface area contributed by atoms with Gasteiger partial charge in [0, 0.05) is 24.5 Å². The molecule has 4 rings (SSSR count). The van der Waals surface area contributed by atoms with E-state index in [-0.39, 0.29) is 0 Å². The summed E-state index contributed by atoms with van der Waals surface area (Å²) < 4.78 is 84.6. The van der Waals surface area contributed by atoms with Crippen LogP contribution in [0.3, 0.4) is 0 Å². The number of pyridine rings is 2. The molecule has 0 unspecified atom stereocenters. The van der Waals surface area contributed by atoms with Gasteiger partial charge < -0.3 is 4.74 Å². The van der Waals surface area contributed by atoms with Gasteiger partial charge in [-0.2, -0.15) is 26.3 Å². The quantitative estimate of drug-likeness (QED) is 0.109. The molecule has 236 valence electrons. The van der Waals surface area contributed by atoms with Gasteiger partial charge in [-0.1, -0.05) is 69.6 Å². The summed E-state index contributed by atoms with van der Waals surface area (Å²) in [5, 5.41) is 19.6. The second-order valence-corrected chi connectivity index (χ2v) is 10.9. The Hall–Kier alpha value is -3.34. The van der Waals surface area contributed by atoms with Gasteiger partial charge in [-0.15, -0.1) is 0 Å². The van der Waals surface area contributed by atoms with E-state index in [1.807, 2.05) is 0 Å². The average molecular weight is 757 g/mol. The highest BCUT2D eigenvalue weighted by molar-refractivity contribution is 6.41. The van der Waals surface area contributed by atoms with Crippen molar-refractivity contribution in [3.63, 3.8) is 0 Å². The zero-order chi connectivity index (χ0) is 33.8. The lowest BCUT2D eigenvalue weighted by Crippen LogP contribution is -2.07. The first-order chi connectivity index (χ1) is 20.7. The van der Waals surface area contributed by atoms with E-state index in [2.05, 4.69) is 9.97 Å². The number of aromatic nitrogens is 2. The molecule has 0 bridgehead atoms. The van der Waals surface area contributed by atoms with Crippen LogP contribution < -0.4 is 4.74 Å². The van der Waals surface area contributed by atoms with E-state index in [0.29, 0.717) is 24.5 Å². The maximum absolute atomic E-state index is 13.2. The minimum Gasteiger partial charge on any atom is -0.454 e. The molecule has 4 aromatic rings. The first-order valence-corrected chi connectivity index (χ1v) is 13.5. The van der Waals surface area contributed by atoms with Gasteiger partial charge in [-0.25, -0.2) is 0 Å². The Morgan fingerprint density at radius 2 is 0.933 bits per heavy atom. The number of benzene rings is 2. The van der Waals surface area contributed by atoms with Crippen LogP contribution in [0.4, 0.5) is 37.7 Å². The summed E-state index contributed by atoms with van der Waals surface area (Å²) in [5.41, 5.74) is -7.02. The van der Waals surface area contributed by atoms with Crippen LogP contribution >= 0.6 is 69.6 Å². The minimum atomic E-state index is -4.87. The average Bonchev–Trinajstić information content (AvgIpc) is 2.90. The molecule has 2 aromatic carbocycles. The van der Waals surface area contributed by atoms with E-state index in [4.69, 9.17) is 74.3 Å². The molecule has 0 atom stereocenters. The van der Waals surface area contributed by atoms with Crippen LogP contribution in [0.25, 0.3) is 22.5 Å². The molecule has 0 saturated heterocycles. The number of rotatable bonds is 6. The third-order valence-corrected chi connectivity index (χ3v) is 7.61. The molecule has 0 spiro atoms. The van der Waals surface area contributed by atoms with Gasteiger partial charge in [0.1, 0.15) is 32.7 Å². The van der Waals surface area contributed by atoms with Crippen LogP contribution in [0.5, 0.6) is 11.5 Å². The summed E-state index contributed by atoms with van der Waals surface area (Å²) in [6.45, 7) is 0. The lowest BCUT2D eigenvalue weighted by atomic mass is 10.1. The number of nitrogens with zero attached hydrogens (tertiary/aromatic N) is 4. The van der Waals surface area contributed by atoms with Crippen molar-refractivity contribution in [2.45, 2.75) is 12.4 Å². The lowest BCUT2D eigenvalue weighted by Gasteiger charge is -2.17. The van der Waals surface area contributed by atoms with Gasteiger partial charge in [0.25, 0.3) is 11.4 Å². The molecule has 2 heterocycles. The predicted molar refractivity (Wildman–Crippen MR) is 153 cm³/mol. The van der Waals surface area contributed by atoms with Crippen LogP contribution in [0.1, 0.15) is 11.1 Å². The summed E-state index contributed by atoms with van der Waals surface area (Å²) in [7, 11) is 0. The standard InChI is InChI=1S/C24H6Cl6F6N4O5/c25-9-1-7(23(31,32)33)5-37-19(9)15-17(29)13(3-11(27)21(15)39(41)42)45-14-4-12(28)22(40(43)44)16(18(14)30)20-10(26)2-8(6-38-20)24(34,35)36/h1-6H. The van der Waals surface area contributed by atoms with Crippen molar-refractivity contribution in [1.82, 2.24) is 9.97 Å². The molecule has 0 radical (unpaired) electrons. The van der Waals surface area contributed by atoms with Gasteiger partial charge in [0.15, 0.2) is 0 Å². The Morgan fingerprint density at radius 3 is 1.20 bits per heavy atom. The molecule has 0 aliphatic carbocycles. The number of ether oxygens (including phenoxy) is 1. The highest BCUT2D eigenvalue weighted by Gasteiger charge is 2.36. The van der Waals surface area contributed by atoms with Gasteiger partial charge in [-0.3, -0.25) is 30.2 Å². The molecule has 0 saturated carbocycles. The molecule has 0 N–H and O–H groups in total. The molecule has 45 heavy (non-hydrogen) atoms. The van der Waals surface area contributed by atoms with Crippen molar-refractivity contribution < 1.29 is 40.9 Å². The number of nitro groups is 2. The van der Waals surface area contributed by atoms with E-state index in [1.54, 1.807) is 0 Å². The molecule has 9 nitrogen and oxygen atoms in total. The summed E-state index contributed by atoms with van der Waals surface area (Å²) in [4.78, 5) is 28.9. The third kappa shape index (κ3) is 6.78. The topological polar surface area (TPSA) is 121 Å². The summed E-state index contributed by atoms with van der Waals surface area (Å²) in [5.74, 6) is -1.13. The minimum absolute atomic E-state index is 0.336. The Kier molecular flexibility index (Phi) is 9.56. The number of halogens is 12. The monoisotopic (exact) mass is 754 g/mol. The van der Waals surface area contributed by atoms with Gasteiger partial charge >= 0.3 is 12.4 Å². The van der Waals surface area contributed by atoms with Gasteiger partial charge in [-0.05, 0) is 12.1 Å². The van der Waals surface area contributed by atoms with Crippen molar-refractivity contribution in [3.05, 3.63) is 98.2 Å². The normalized spacial score (nSPS) is 11.9. The lowest BCUT2D eigenvalue weighted by molar-refractivity contribution is -0.384. The van der Waals surface area contributed by atoms with Crippen molar-refractivity contribution >= 4 is 81.0 Å². The molecule has 0 aliphatic rings. The summed E-state index contributed by atoms with van der Waals surface area (Å²) >= 11 is 37.0. The van der Waals surface area contributed by atoms with E-state index in [0.717, 1.165) is 12.1 Å². The van der Waals surface area contributed by atoms with E-state index < -0.39 is 109 Å². The fourth-order valence-corrected chi connectivity index (χ4v) is 5.39. The molecular formula is C24H6Cl6F6N4O5. The van der Waals surface area contributed by atoms with Crippen LogP contribution in [-0.4, -0.2) is 19.8 Å². The van der Waals surface area contributed by atoms with Crippen LogP contribution in [-0.2, 0) is 12.4 Å². The first-order valence-electron chi connectivity index (χ1n) is 11.2. The van der Waals surface area contributed by atoms with Crippen LogP contribution in [0.2, 0.25) is 30.1 Å². The SMILES string of the molecule is O=[N+]([O-])c1c(Cl)cc(Oc2cc(Cl)c([N+](=O)[O-])c(-c3ncc(C(F)(F)F)cc3Cl)c2Cl)c(Cl)c1-c1ncc(C(F)(F)F)cc1Cl. The predicted octanol–water partition coefficient (Wildman–Crippen LogP) is 11.4. The second kappa shape index (κ2) is 12.5. The largest absolute Gasteiger partial charge is 0.454 e. The second-order valence-electron chi connectivity index (χ2n) is 8.51. The van der Waals surface area contributed by atoms with Crippen LogP contribution in [0, 0.1) is 20.2 Å². The van der Waals surface area contributed by atoms with E-state index >= 15 is 0 Å². The van der Waals surface area contributed by atoms with Crippen molar-refractivity contribution in [3.8, 4) is 34.0 Å². The summed E-state index contributed by atoms with van der Waals surface area (Å²) in [6, 6.07) is 2.48. The zero-order valence-corrected chi connectivity index (χ0v) is 25.4. The van der Waals surface area contributed by atoms with Crippen LogP contribution in [0.15, 0.2) is 36.7 Å². The Labute approximate surface area is 275 Å². The Balaban J connectivity index is 1.96. The molecular weight excluding hydrogens is 751 g/mol. The maximum atomic E-state index is 13.2. The molecule has 0 aliphatic heterocycles. The van der Waals surface area contributed by atoms with Crippen molar-refractivity contribution in [2.75, 3.05) is 0 Å². The third-order valence-electron chi connectivity index (χ3n) is 5.71. The Morgan fingerprint density at radius 1 is 0.600 bits per heavy atom. The number of hydrogen-bond donors (Lipinski definition) is 0.